The average molecular weight is 437 g/mol. The quantitative estimate of drug-likeness (QED) is 0.527. The van der Waals surface area contributed by atoms with E-state index in [1.807, 2.05) is 47.1 Å². The predicted molar refractivity (Wildman–Crippen MR) is 125 cm³/mol. The molecule has 1 aliphatic rings. The van der Waals surface area contributed by atoms with Crippen LogP contribution in [-0.4, -0.2) is 38.4 Å². The molecule has 5 nitrogen and oxygen atoms in total. The van der Waals surface area contributed by atoms with Crippen LogP contribution in [0.4, 0.5) is 0 Å². The highest BCUT2D eigenvalue weighted by Crippen LogP contribution is 2.32. The summed E-state index contributed by atoms with van der Waals surface area (Å²) in [5.74, 6) is 0.911. The number of imidazole rings is 1. The Morgan fingerprint density at radius 3 is 2.48 bits per heavy atom. The molecule has 1 saturated heterocycles. The summed E-state index contributed by atoms with van der Waals surface area (Å²) in [6.45, 7) is 8.09. The molecule has 0 atom stereocenters. The molecule has 162 valence electrons. The minimum absolute atomic E-state index is 0.0377. The fraction of sp³-hybridized carbons (Fsp3) is 0.400. The Morgan fingerprint density at radius 1 is 1.06 bits per heavy atom. The molecule has 0 radical (unpaired) electrons. The van der Waals surface area contributed by atoms with Crippen molar-refractivity contribution in [3.05, 3.63) is 59.0 Å². The van der Waals surface area contributed by atoms with Crippen molar-refractivity contribution in [2.75, 3.05) is 13.1 Å². The van der Waals surface area contributed by atoms with Gasteiger partial charge >= 0.3 is 0 Å². The molecule has 0 N–H and O–H groups in total. The second-order valence-corrected chi connectivity index (χ2v) is 9.70. The van der Waals surface area contributed by atoms with Gasteiger partial charge in [0.25, 0.3) is 5.91 Å². The van der Waals surface area contributed by atoms with Crippen molar-refractivity contribution in [1.29, 1.82) is 0 Å². The summed E-state index contributed by atoms with van der Waals surface area (Å²) >= 11 is 6.61. The molecule has 0 bridgehead atoms. The third-order valence-corrected chi connectivity index (χ3v) is 6.11. The van der Waals surface area contributed by atoms with Crippen molar-refractivity contribution in [2.45, 2.75) is 45.4 Å². The molecular weight excluding hydrogens is 408 g/mol. The number of hydrogen-bond acceptors (Lipinski definition) is 3. The Morgan fingerprint density at radius 2 is 1.81 bits per heavy atom. The van der Waals surface area contributed by atoms with Gasteiger partial charge in [-0.3, -0.25) is 9.78 Å². The first-order valence-corrected chi connectivity index (χ1v) is 11.2. The van der Waals surface area contributed by atoms with Gasteiger partial charge in [-0.25, -0.2) is 4.98 Å². The molecule has 1 aliphatic heterocycles. The van der Waals surface area contributed by atoms with E-state index in [0.29, 0.717) is 10.6 Å². The highest BCUT2D eigenvalue weighted by atomic mass is 35.5. The molecule has 1 aromatic carbocycles. The third kappa shape index (κ3) is 4.52. The smallest absolute Gasteiger partial charge is 0.253 e. The van der Waals surface area contributed by atoms with Crippen molar-refractivity contribution in [3.63, 3.8) is 0 Å². The van der Waals surface area contributed by atoms with Crippen LogP contribution in [-0.2, 0) is 12.5 Å². The van der Waals surface area contributed by atoms with Gasteiger partial charge in [0.1, 0.15) is 5.82 Å². The summed E-state index contributed by atoms with van der Waals surface area (Å²) in [6, 6.07) is 9.60. The van der Waals surface area contributed by atoms with E-state index < -0.39 is 0 Å². The molecule has 0 saturated carbocycles. The summed E-state index contributed by atoms with van der Waals surface area (Å²) in [6.07, 6.45) is 7.14. The lowest BCUT2D eigenvalue weighted by Crippen LogP contribution is -2.35. The Hall–Kier alpha value is -2.66. The van der Waals surface area contributed by atoms with Gasteiger partial charge in [0.15, 0.2) is 0 Å². The van der Waals surface area contributed by atoms with E-state index in [-0.39, 0.29) is 11.3 Å². The van der Waals surface area contributed by atoms with Crippen molar-refractivity contribution in [3.8, 4) is 22.6 Å². The SMILES string of the molecule is Cn1cc(-c2ccc(C(=O)N3CCCCC3)cc2Cl)nc1-c1ccnc(C(C)(C)C)c1. The van der Waals surface area contributed by atoms with Gasteiger partial charge in [0, 0.05) is 60.3 Å². The van der Waals surface area contributed by atoms with E-state index in [0.717, 1.165) is 54.3 Å². The van der Waals surface area contributed by atoms with E-state index in [1.165, 1.54) is 6.42 Å². The lowest BCUT2D eigenvalue weighted by Gasteiger charge is -2.26. The predicted octanol–water partition coefficient (Wildman–Crippen LogP) is 5.73. The minimum atomic E-state index is -0.0377. The lowest BCUT2D eigenvalue weighted by atomic mass is 9.91. The first kappa shape index (κ1) is 21.6. The summed E-state index contributed by atoms with van der Waals surface area (Å²) in [7, 11) is 1.98. The standard InChI is InChI=1S/C25H29ClN4O/c1-25(2,3)22-15-17(10-11-27-22)23-28-21(16-29(23)4)19-9-8-18(14-20(19)26)24(31)30-12-6-5-7-13-30/h8-11,14-16H,5-7,12-13H2,1-4H3. The fourth-order valence-electron chi connectivity index (χ4n) is 3.98. The molecule has 1 fully saturated rings. The zero-order chi connectivity index (χ0) is 22.2. The number of hydrogen-bond donors (Lipinski definition) is 0. The van der Waals surface area contributed by atoms with E-state index in [2.05, 4.69) is 31.8 Å². The van der Waals surface area contributed by atoms with E-state index in [4.69, 9.17) is 16.6 Å². The zero-order valence-corrected chi connectivity index (χ0v) is 19.4. The van der Waals surface area contributed by atoms with Crippen LogP contribution in [0.1, 0.15) is 56.1 Å². The van der Waals surface area contributed by atoms with Crippen LogP contribution in [0.15, 0.2) is 42.7 Å². The fourth-order valence-corrected chi connectivity index (χ4v) is 4.26. The molecule has 0 aliphatic carbocycles. The van der Waals surface area contributed by atoms with Gasteiger partial charge in [0.05, 0.1) is 10.7 Å². The summed E-state index contributed by atoms with van der Waals surface area (Å²) in [5.41, 5.74) is 4.24. The highest BCUT2D eigenvalue weighted by Gasteiger charge is 2.21. The van der Waals surface area contributed by atoms with Crippen LogP contribution >= 0.6 is 11.6 Å². The van der Waals surface area contributed by atoms with Crippen LogP contribution in [0.2, 0.25) is 5.02 Å². The van der Waals surface area contributed by atoms with Gasteiger partial charge < -0.3 is 9.47 Å². The number of carbonyl (C=O) groups is 1. The Kier molecular flexibility index (Phi) is 5.89. The van der Waals surface area contributed by atoms with E-state index in [1.54, 1.807) is 6.07 Å². The Bertz CT molecular complexity index is 1110. The van der Waals surface area contributed by atoms with Crippen molar-refractivity contribution >= 4 is 17.5 Å². The normalized spacial score (nSPS) is 14.7. The number of halogens is 1. The summed E-state index contributed by atoms with van der Waals surface area (Å²) in [4.78, 5) is 24.1. The number of aryl methyl sites for hydroxylation is 1. The van der Waals surface area contributed by atoms with Crippen LogP contribution in [0.3, 0.4) is 0 Å². The molecule has 2 aromatic heterocycles. The van der Waals surface area contributed by atoms with Gasteiger partial charge in [-0.1, -0.05) is 38.4 Å². The molecule has 0 unspecified atom stereocenters. The van der Waals surface area contributed by atoms with Crippen LogP contribution in [0, 0.1) is 0 Å². The third-order valence-electron chi connectivity index (χ3n) is 5.80. The topological polar surface area (TPSA) is 51.0 Å². The van der Waals surface area contributed by atoms with Crippen LogP contribution in [0.25, 0.3) is 22.6 Å². The molecule has 0 spiro atoms. The number of amides is 1. The van der Waals surface area contributed by atoms with E-state index in [9.17, 15) is 4.79 Å². The first-order valence-electron chi connectivity index (χ1n) is 10.8. The number of aromatic nitrogens is 3. The van der Waals surface area contributed by atoms with Crippen molar-refractivity contribution < 1.29 is 4.79 Å². The second kappa shape index (κ2) is 8.46. The maximum Gasteiger partial charge on any atom is 0.253 e. The molecule has 31 heavy (non-hydrogen) atoms. The number of piperidine rings is 1. The first-order chi connectivity index (χ1) is 14.7. The molecule has 6 heteroatoms. The van der Waals surface area contributed by atoms with Gasteiger partial charge in [-0.15, -0.1) is 0 Å². The maximum atomic E-state index is 12.8. The molecule has 3 heterocycles. The van der Waals surface area contributed by atoms with Gasteiger partial charge in [-0.05, 0) is 43.5 Å². The number of benzene rings is 1. The number of nitrogens with zero attached hydrogens (tertiary/aromatic N) is 4. The average Bonchev–Trinajstić information content (AvgIpc) is 3.14. The Balaban J connectivity index is 1.63. The summed E-state index contributed by atoms with van der Waals surface area (Å²) < 4.78 is 2.00. The minimum Gasteiger partial charge on any atom is -0.339 e. The van der Waals surface area contributed by atoms with E-state index >= 15 is 0 Å². The van der Waals surface area contributed by atoms with Gasteiger partial charge in [0.2, 0.25) is 0 Å². The highest BCUT2D eigenvalue weighted by molar-refractivity contribution is 6.33. The monoisotopic (exact) mass is 436 g/mol. The largest absolute Gasteiger partial charge is 0.339 e. The molecule has 1 amide bonds. The molecule has 3 aromatic rings. The Labute approximate surface area is 189 Å². The van der Waals surface area contributed by atoms with Crippen molar-refractivity contribution in [2.24, 2.45) is 7.05 Å². The lowest BCUT2D eigenvalue weighted by molar-refractivity contribution is 0.0724. The second-order valence-electron chi connectivity index (χ2n) is 9.29. The molecular formula is C25H29ClN4O. The number of carbonyl (C=O) groups excluding carboxylic acids is 1. The summed E-state index contributed by atoms with van der Waals surface area (Å²) in [5, 5.41) is 0.539. The number of likely N-dealkylation sites (tertiary alicyclic amines) is 1. The van der Waals surface area contributed by atoms with Gasteiger partial charge in [-0.2, -0.15) is 0 Å². The van der Waals surface area contributed by atoms with Crippen LogP contribution < -0.4 is 0 Å². The molecule has 4 rings (SSSR count). The maximum absolute atomic E-state index is 12.8. The number of pyridine rings is 1. The zero-order valence-electron chi connectivity index (χ0n) is 18.7. The van der Waals surface area contributed by atoms with Crippen LogP contribution in [0.5, 0.6) is 0 Å². The number of rotatable bonds is 3. The van der Waals surface area contributed by atoms with Crippen molar-refractivity contribution in [1.82, 2.24) is 19.4 Å².